The summed E-state index contributed by atoms with van der Waals surface area (Å²) in [6, 6.07) is 24.4. The van der Waals surface area contributed by atoms with Crippen molar-refractivity contribution in [2.24, 2.45) is 0 Å². The van der Waals surface area contributed by atoms with Crippen molar-refractivity contribution in [3.05, 3.63) is 143 Å². The lowest BCUT2D eigenvalue weighted by Gasteiger charge is -2.46. The maximum absolute atomic E-state index is 10.9. The molecule has 3 aromatic carbocycles. The molecular weight excluding hydrogens is 1560 g/mol. The average Bonchev–Trinajstić information content (AvgIpc) is 1.59. The first-order valence-electron chi connectivity index (χ1n) is 41.6. The van der Waals surface area contributed by atoms with E-state index in [1.165, 1.54) is 16.7 Å². The van der Waals surface area contributed by atoms with E-state index in [1.54, 1.807) is 54.3 Å². The van der Waals surface area contributed by atoms with Crippen LogP contribution in [0.25, 0.3) is 97.8 Å². The highest BCUT2D eigenvalue weighted by Crippen LogP contribution is 2.49. The third-order valence-electron chi connectivity index (χ3n) is 23.5. The van der Waals surface area contributed by atoms with E-state index in [9.17, 15) is 5.11 Å². The molecule has 12 aromatic rings. The average molecular weight is 1680 g/mol. The monoisotopic (exact) mass is 1680 g/mol. The number of benzene rings is 3. The van der Waals surface area contributed by atoms with Gasteiger partial charge in [0.25, 0.3) is 0 Å². The Hall–Kier alpha value is -8.22. The van der Waals surface area contributed by atoms with Gasteiger partial charge in [-0.05, 0) is 301 Å². The quantitative estimate of drug-likeness (QED) is 0.0583. The Bertz CT molecular complexity index is 5200. The van der Waals surface area contributed by atoms with Crippen LogP contribution < -0.4 is 25.4 Å². The van der Waals surface area contributed by atoms with Crippen LogP contribution in [0.5, 0.6) is 17.2 Å². The summed E-state index contributed by atoms with van der Waals surface area (Å²) < 4.78 is 49.4. The molecule has 9 aromatic heterocycles. The molecule has 626 valence electrons. The summed E-state index contributed by atoms with van der Waals surface area (Å²) in [6.45, 7) is 30.1. The number of piperidine rings is 3. The molecule has 0 radical (unpaired) electrons. The standard InChI is InChI=1S/2C31H39N5O3S.C29H35N5O2S.ClH/c2*1-30(2)14-21(15-31(3,4)35-30)24-18-40-27-13-25(33-34-29(24)27)23-10-9-20(12-26(23)39-19-37-5)22-16-32-36(17-22)28-8-6-7-11-38-28;1-28(2)13-19(14-29(3,4)33-28)22-17-37-25-12-23(31-32-27(22)25)21-9-8-18(11-24(21)35)20-15-30-34(16-20)26-7-5-6-10-36-26;/h2*9-10,12-13,16-18,21,28,35H,6-8,11,14-15,19H2,1-5H3;8-9,11-12,15-17,19,26,33,35H,5-7,10,13-14H2,1-4H3;1H. The highest BCUT2D eigenvalue weighted by molar-refractivity contribution is 7.18. The van der Waals surface area contributed by atoms with Crippen LogP contribution in [0.3, 0.4) is 0 Å². The van der Waals surface area contributed by atoms with Gasteiger partial charge in [-0.15, -0.1) is 77.0 Å². The lowest BCUT2D eigenvalue weighted by atomic mass is 9.73. The lowest BCUT2D eigenvalue weighted by molar-refractivity contribution is -0.0395. The highest BCUT2D eigenvalue weighted by atomic mass is 35.5. The smallest absolute Gasteiger partial charge is 0.188 e. The Morgan fingerprint density at radius 1 is 0.398 bits per heavy atom. The summed E-state index contributed by atoms with van der Waals surface area (Å²) in [5.74, 6) is 2.92. The van der Waals surface area contributed by atoms with E-state index in [-0.39, 0.29) is 83.7 Å². The van der Waals surface area contributed by atoms with Gasteiger partial charge in [-0.25, -0.2) is 14.0 Å². The second-order valence-electron chi connectivity index (χ2n) is 36.7. The van der Waals surface area contributed by atoms with Gasteiger partial charge in [0, 0.05) is 119 Å². The maximum atomic E-state index is 10.9. The van der Waals surface area contributed by atoms with E-state index >= 15 is 0 Å². The van der Waals surface area contributed by atoms with Crippen molar-refractivity contribution in [3.63, 3.8) is 0 Å². The fourth-order valence-electron chi connectivity index (χ4n) is 19.4. The lowest BCUT2D eigenvalue weighted by Crippen LogP contribution is -2.57. The van der Waals surface area contributed by atoms with Crippen molar-refractivity contribution in [3.8, 4) is 84.4 Å². The van der Waals surface area contributed by atoms with E-state index < -0.39 is 0 Å². The van der Waals surface area contributed by atoms with Crippen LogP contribution in [-0.2, 0) is 23.7 Å². The molecule has 6 fully saturated rings. The van der Waals surface area contributed by atoms with E-state index in [2.05, 4.69) is 183 Å². The minimum atomic E-state index is -0.00456. The number of thiophene rings is 3. The van der Waals surface area contributed by atoms with E-state index in [0.717, 1.165) is 203 Å². The summed E-state index contributed by atoms with van der Waals surface area (Å²) in [6.07, 6.45) is 27.9. The molecular formula is C91H114ClN15O8S3. The molecule has 118 heavy (non-hydrogen) atoms. The first kappa shape index (κ1) is 84.8. The third kappa shape index (κ3) is 19.4. The number of nitrogens with zero attached hydrogens (tertiary/aromatic N) is 12. The van der Waals surface area contributed by atoms with Crippen LogP contribution in [0.15, 0.2) is 126 Å². The fourth-order valence-corrected chi connectivity index (χ4v) is 22.4. The molecule has 4 N–H and O–H groups in total. The van der Waals surface area contributed by atoms with Crippen molar-refractivity contribution < 1.29 is 38.3 Å². The molecule has 0 aliphatic carbocycles. The molecule has 6 aliphatic heterocycles. The SMILES string of the molecule is CC1(C)CC(c2csc3cc(-c4ccc(-c5cnn(C6CCCCO6)c5)cc4O)nnc23)CC(C)(C)N1.COCOc1cc(-c2cnn(C3CCCCO3)c2)ccc1-c1cc2scc(C3CC(C)(C)NC(C)(C)C3)c2nn1.COCOc1cc(-c2cnn(C3CCCCO3)c2)ccc1-c1cc2scc(C3CC(C)(C)NC(C)(C)C3)c2nn1.Cl. The number of nitrogens with one attached hydrogen (secondary N) is 3. The maximum Gasteiger partial charge on any atom is 0.188 e. The van der Waals surface area contributed by atoms with Gasteiger partial charge in [-0.1, -0.05) is 18.2 Å². The van der Waals surface area contributed by atoms with Gasteiger partial charge in [0.05, 0.1) is 49.8 Å². The molecule has 6 aliphatic rings. The second-order valence-corrected chi connectivity index (χ2v) is 39.5. The number of methoxy groups -OCH3 is 2. The minimum Gasteiger partial charge on any atom is -0.507 e. The predicted octanol–water partition coefficient (Wildman–Crippen LogP) is 20.9. The Morgan fingerprint density at radius 2 is 0.703 bits per heavy atom. The molecule has 27 heteroatoms. The van der Waals surface area contributed by atoms with Crippen molar-refractivity contribution in [2.75, 3.05) is 47.6 Å². The van der Waals surface area contributed by atoms with Crippen molar-refractivity contribution in [2.45, 2.75) is 249 Å². The summed E-state index contributed by atoms with van der Waals surface area (Å²) in [5, 5.41) is 70.9. The fraction of sp³-hybridized carbons (Fsp3) is 0.505. The number of aromatic nitrogens is 12. The molecule has 0 amide bonds. The van der Waals surface area contributed by atoms with Crippen molar-refractivity contribution >= 4 is 77.1 Å². The zero-order chi connectivity index (χ0) is 81.6. The molecule has 0 saturated carbocycles. The number of hydrogen-bond donors (Lipinski definition) is 4. The molecule has 15 heterocycles. The Morgan fingerprint density at radius 3 is 1.00 bits per heavy atom. The summed E-state index contributed by atoms with van der Waals surface area (Å²) >= 11 is 5.20. The zero-order valence-electron chi connectivity index (χ0n) is 70.5. The molecule has 18 rings (SSSR count). The topological polar surface area (TPSA) is 252 Å². The first-order valence-corrected chi connectivity index (χ1v) is 44.2. The van der Waals surface area contributed by atoms with Gasteiger partial charge < -0.3 is 54.2 Å². The number of phenolic OH excluding ortho intramolecular Hbond substituents is 1. The molecule has 0 bridgehead atoms. The molecule has 3 atom stereocenters. The van der Waals surface area contributed by atoms with Crippen molar-refractivity contribution in [1.29, 1.82) is 0 Å². The van der Waals surface area contributed by atoms with Crippen LogP contribution in [0.2, 0.25) is 0 Å². The van der Waals surface area contributed by atoms with Gasteiger partial charge in [-0.2, -0.15) is 15.3 Å². The molecule has 0 spiro atoms. The van der Waals surface area contributed by atoms with E-state index in [0.29, 0.717) is 40.5 Å². The molecule has 3 unspecified atom stereocenters. The van der Waals surface area contributed by atoms with Gasteiger partial charge in [0.15, 0.2) is 13.6 Å². The zero-order valence-corrected chi connectivity index (χ0v) is 73.8. The summed E-state index contributed by atoms with van der Waals surface area (Å²) in [4.78, 5) is 0. The Labute approximate surface area is 710 Å². The third-order valence-corrected chi connectivity index (χ3v) is 26.3. The highest BCUT2D eigenvalue weighted by Gasteiger charge is 2.43. The Balaban J connectivity index is 0.000000138. The van der Waals surface area contributed by atoms with Crippen LogP contribution in [0.1, 0.15) is 233 Å². The summed E-state index contributed by atoms with van der Waals surface area (Å²) in [7, 11) is 3.25. The number of rotatable bonds is 18. The number of phenols is 1. The van der Waals surface area contributed by atoms with E-state index in [1.807, 2.05) is 75.5 Å². The van der Waals surface area contributed by atoms with Gasteiger partial charge in [0.2, 0.25) is 0 Å². The predicted molar refractivity (Wildman–Crippen MR) is 472 cm³/mol. The number of halogens is 1. The largest absolute Gasteiger partial charge is 0.507 e. The number of fused-ring (bicyclic) bond motifs is 3. The normalized spacial score (nSPS) is 21.2. The summed E-state index contributed by atoms with van der Waals surface area (Å²) in [5.41, 5.74) is 18.0. The Kier molecular flexibility index (Phi) is 25.2. The van der Waals surface area contributed by atoms with Gasteiger partial charge in [0.1, 0.15) is 52.5 Å². The first-order chi connectivity index (χ1) is 56.1. The van der Waals surface area contributed by atoms with Crippen LogP contribution in [-0.4, -0.2) is 146 Å². The number of hydrogen-bond acceptors (Lipinski definition) is 23. The van der Waals surface area contributed by atoms with Gasteiger partial charge in [-0.3, -0.25) is 0 Å². The molecule has 23 nitrogen and oxygen atoms in total. The van der Waals surface area contributed by atoms with Crippen LogP contribution in [0, 0.1) is 0 Å². The van der Waals surface area contributed by atoms with E-state index in [4.69, 9.17) is 53.6 Å². The number of ether oxygens (including phenoxy) is 7. The van der Waals surface area contributed by atoms with Crippen LogP contribution in [0.4, 0.5) is 0 Å². The minimum absolute atomic E-state index is 0. The number of aromatic hydroxyl groups is 1. The molecule has 6 saturated heterocycles. The van der Waals surface area contributed by atoms with Gasteiger partial charge >= 0.3 is 0 Å². The second kappa shape index (κ2) is 35.1. The van der Waals surface area contributed by atoms with Crippen molar-refractivity contribution in [1.82, 2.24) is 75.9 Å². The van der Waals surface area contributed by atoms with Crippen LogP contribution >= 0.6 is 46.4 Å².